The van der Waals surface area contributed by atoms with Crippen molar-refractivity contribution in [2.45, 2.75) is 18.4 Å². The maximum absolute atomic E-state index is 12.3. The molecule has 0 amide bonds. The Balaban J connectivity index is 2.22. The molecule has 6 nitrogen and oxygen atoms in total. The summed E-state index contributed by atoms with van der Waals surface area (Å²) in [7, 11) is -1.95. The van der Waals surface area contributed by atoms with Gasteiger partial charge in [0, 0.05) is 38.4 Å². The van der Waals surface area contributed by atoms with Gasteiger partial charge in [0.2, 0.25) is 10.0 Å². The van der Waals surface area contributed by atoms with Gasteiger partial charge in [-0.3, -0.25) is 9.97 Å². The Hall–Kier alpha value is -1.99. The first-order valence-corrected chi connectivity index (χ1v) is 7.54. The molecule has 2 aromatic rings. The molecule has 0 saturated carbocycles. The van der Waals surface area contributed by atoms with E-state index in [0.29, 0.717) is 5.69 Å². The number of nitrogens with one attached hydrogen (secondary N) is 2. The number of aryl methyl sites for hydroxylation is 1. The average Bonchev–Trinajstić information content (AvgIpc) is 2.46. The number of rotatable bonds is 5. The quantitative estimate of drug-likeness (QED) is 0.868. The molecule has 0 aliphatic rings. The van der Waals surface area contributed by atoms with Crippen molar-refractivity contribution in [3.63, 3.8) is 0 Å². The third-order valence-electron chi connectivity index (χ3n) is 2.94. The maximum atomic E-state index is 12.3. The molecule has 0 spiro atoms. The summed E-state index contributed by atoms with van der Waals surface area (Å²) in [6.45, 7) is 2.11. The lowest BCUT2D eigenvalue weighted by Crippen LogP contribution is -2.24. The zero-order chi connectivity index (χ0) is 14.6. The molecule has 0 aromatic carbocycles. The number of anilines is 1. The van der Waals surface area contributed by atoms with Crippen LogP contribution < -0.4 is 10.0 Å². The fourth-order valence-electron chi connectivity index (χ4n) is 1.73. The summed E-state index contributed by atoms with van der Waals surface area (Å²) in [5.74, 6) is 0. The van der Waals surface area contributed by atoms with Crippen LogP contribution >= 0.6 is 0 Å². The fraction of sp³-hybridized carbons (Fsp3) is 0.231. The summed E-state index contributed by atoms with van der Waals surface area (Å²) < 4.78 is 27.1. The van der Waals surface area contributed by atoms with Crippen molar-refractivity contribution in [2.75, 3.05) is 12.4 Å². The Morgan fingerprint density at radius 3 is 2.55 bits per heavy atom. The normalized spacial score (nSPS) is 11.3. The number of nitrogens with zero attached hydrogens (tertiary/aromatic N) is 2. The van der Waals surface area contributed by atoms with Gasteiger partial charge in [-0.15, -0.1) is 0 Å². The SMILES string of the molecule is CNc1ccncc1S(=O)(=O)NCc1cnccc1C. The molecule has 0 aliphatic carbocycles. The van der Waals surface area contributed by atoms with Crippen LogP contribution in [0.4, 0.5) is 5.69 Å². The standard InChI is InChI=1S/C13H16N4O2S/c1-10-3-5-15-7-11(10)8-17-20(18,19)13-9-16-6-4-12(13)14-2/h3-7,9,17H,8H2,1-2H3,(H,14,16). The van der Waals surface area contributed by atoms with Gasteiger partial charge < -0.3 is 5.32 Å². The molecule has 2 N–H and O–H groups in total. The van der Waals surface area contributed by atoms with Crippen molar-refractivity contribution >= 4 is 15.7 Å². The summed E-state index contributed by atoms with van der Waals surface area (Å²) in [6, 6.07) is 3.45. The Morgan fingerprint density at radius 2 is 1.85 bits per heavy atom. The van der Waals surface area contributed by atoms with E-state index in [-0.39, 0.29) is 11.4 Å². The Kier molecular flexibility index (Phi) is 4.31. The predicted octanol–water partition coefficient (Wildman–Crippen LogP) is 1.31. The minimum atomic E-state index is -3.62. The molecule has 2 aromatic heterocycles. The summed E-state index contributed by atoms with van der Waals surface area (Å²) in [5, 5.41) is 2.84. The van der Waals surface area contributed by atoms with Crippen molar-refractivity contribution in [3.05, 3.63) is 48.0 Å². The van der Waals surface area contributed by atoms with Crippen molar-refractivity contribution in [2.24, 2.45) is 0 Å². The molecule has 2 heterocycles. The summed E-state index contributed by atoms with van der Waals surface area (Å²) >= 11 is 0. The van der Waals surface area contributed by atoms with E-state index in [0.717, 1.165) is 11.1 Å². The highest BCUT2D eigenvalue weighted by atomic mass is 32.2. The van der Waals surface area contributed by atoms with Gasteiger partial charge in [0.05, 0.1) is 5.69 Å². The number of hydrogen-bond donors (Lipinski definition) is 2. The fourth-order valence-corrected chi connectivity index (χ4v) is 2.89. The second-order valence-electron chi connectivity index (χ2n) is 4.25. The molecular weight excluding hydrogens is 276 g/mol. The van der Waals surface area contributed by atoms with E-state index in [4.69, 9.17) is 0 Å². The van der Waals surface area contributed by atoms with E-state index in [2.05, 4.69) is 20.0 Å². The smallest absolute Gasteiger partial charge is 0.244 e. The molecular formula is C13H16N4O2S. The summed E-state index contributed by atoms with van der Waals surface area (Å²) in [5.41, 5.74) is 2.34. The molecule has 0 bridgehead atoms. The van der Waals surface area contributed by atoms with Crippen molar-refractivity contribution < 1.29 is 8.42 Å². The van der Waals surface area contributed by atoms with Crippen LogP contribution in [0, 0.1) is 6.92 Å². The number of aromatic nitrogens is 2. The van der Waals surface area contributed by atoms with E-state index < -0.39 is 10.0 Å². The van der Waals surface area contributed by atoms with Crippen LogP contribution in [-0.2, 0) is 16.6 Å². The Labute approximate surface area is 118 Å². The highest BCUT2D eigenvalue weighted by Crippen LogP contribution is 2.19. The van der Waals surface area contributed by atoms with Crippen LogP contribution in [0.2, 0.25) is 0 Å². The topological polar surface area (TPSA) is 84.0 Å². The van der Waals surface area contributed by atoms with E-state index in [9.17, 15) is 8.42 Å². The first-order valence-electron chi connectivity index (χ1n) is 6.05. The highest BCUT2D eigenvalue weighted by Gasteiger charge is 2.18. The van der Waals surface area contributed by atoms with Crippen LogP contribution in [-0.4, -0.2) is 25.4 Å². The van der Waals surface area contributed by atoms with Crippen molar-refractivity contribution in [3.8, 4) is 0 Å². The van der Waals surface area contributed by atoms with Gasteiger partial charge in [0.25, 0.3) is 0 Å². The van der Waals surface area contributed by atoms with Gasteiger partial charge in [0.1, 0.15) is 4.90 Å². The van der Waals surface area contributed by atoms with Crippen molar-refractivity contribution in [1.82, 2.24) is 14.7 Å². The second-order valence-corrected chi connectivity index (χ2v) is 5.98. The zero-order valence-electron chi connectivity index (χ0n) is 11.3. The van der Waals surface area contributed by atoms with Crippen LogP contribution in [0.5, 0.6) is 0 Å². The molecule has 0 unspecified atom stereocenters. The molecule has 7 heteroatoms. The number of pyridine rings is 2. The van der Waals surface area contributed by atoms with E-state index in [1.807, 2.05) is 13.0 Å². The minimum Gasteiger partial charge on any atom is -0.387 e. The highest BCUT2D eigenvalue weighted by molar-refractivity contribution is 7.89. The molecule has 0 saturated heterocycles. The van der Waals surface area contributed by atoms with Gasteiger partial charge >= 0.3 is 0 Å². The molecule has 0 radical (unpaired) electrons. The predicted molar refractivity (Wildman–Crippen MR) is 76.8 cm³/mol. The molecule has 0 atom stereocenters. The van der Waals surface area contributed by atoms with E-state index in [1.54, 1.807) is 25.5 Å². The van der Waals surface area contributed by atoms with E-state index in [1.165, 1.54) is 12.4 Å². The van der Waals surface area contributed by atoms with Gasteiger partial charge in [0.15, 0.2) is 0 Å². The molecule has 20 heavy (non-hydrogen) atoms. The number of sulfonamides is 1. The lowest BCUT2D eigenvalue weighted by molar-refractivity contribution is 0.581. The first-order chi connectivity index (χ1) is 9.54. The van der Waals surface area contributed by atoms with Crippen LogP contribution in [0.25, 0.3) is 0 Å². The molecule has 2 rings (SSSR count). The third-order valence-corrected chi connectivity index (χ3v) is 4.37. The monoisotopic (exact) mass is 292 g/mol. The van der Waals surface area contributed by atoms with Gasteiger partial charge in [-0.1, -0.05) is 0 Å². The van der Waals surface area contributed by atoms with Crippen molar-refractivity contribution in [1.29, 1.82) is 0 Å². The second kappa shape index (κ2) is 5.98. The van der Waals surface area contributed by atoms with E-state index >= 15 is 0 Å². The minimum absolute atomic E-state index is 0.129. The maximum Gasteiger partial charge on any atom is 0.244 e. The summed E-state index contributed by atoms with van der Waals surface area (Å²) in [4.78, 5) is 7.98. The third kappa shape index (κ3) is 3.12. The summed E-state index contributed by atoms with van der Waals surface area (Å²) in [6.07, 6.45) is 6.19. The van der Waals surface area contributed by atoms with Gasteiger partial charge in [-0.2, -0.15) is 0 Å². The Bertz CT molecular complexity index is 701. The first kappa shape index (κ1) is 14.4. The zero-order valence-corrected chi connectivity index (χ0v) is 12.1. The molecule has 106 valence electrons. The van der Waals surface area contributed by atoms with Gasteiger partial charge in [-0.05, 0) is 30.2 Å². The van der Waals surface area contributed by atoms with Crippen LogP contribution in [0.3, 0.4) is 0 Å². The molecule has 0 aliphatic heterocycles. The lowest BCUT2D eigenvalue weighted by Gasteiger charge is -2.11. The van der Waals surface area contributed by atoms with Gasteiger partial charge in [-0.25, -0.2) is 13.1 Å². The Morgan fingerprint density at radius 1 is 1.15 bits per heavy atom. The number of hydrogen-bond acceptors (Lipinski definition) is 5. The molecule has 0 fully saturated rings. The van der Waals surface area contributed by atoms with Crippen LogP contribution in [0.1, 0.15) is 11.1 Å². The largest absolute Gasteiger partial charge is 0.387 e. The average molecular weight is 292 g/mol. The van der Waals surface area contributed by atoms with Crippen LogP contribution in [0.15, 0.2) is 41.8 Å². The lowest BCUT2D eigenvalue weighted by atomic mass is 10.2.